The molecule has 1 atom stereocenters. The number of ether oxygens (including phenoxy) is 1. The number of anilines is 1. The van der Waals surface area contributed by atoms with Crippen LogP contribution in [0.5, 0.6) is 5.75 Å². The molecule has 0 aliphatic carbocycles. The van der Waals surface area contributed by atoms with E-state index in [0.717, 1.165) is 30.7 Å². The van der Waals surface area contributed by atoms with Crippen LogP contribution in [0.25, 0.3) is 0 Å². The molecular weight excluding hydrogens is 396 g/mol. The van der Waals surface area contributed by atoms with Crippen LogP contribution < -0.4 is 19.9 Å². The highest BCUT2D eigenvalue weighted by Crippen LogP contribution is 2.35. The topological polar surface area (TPSA) is 63.1 Å². The van der Waals surface area contributed by atoms with Gasteiger partial charge in [0.1, 0.15) is 5.75 Å². The summed E-state index contributed by atoms with van der Waals surface area (Å²) in [6.45, 7) is 0.107. The number of alkyl halides is 6. The summed E-state index contributed by atoms with van der Waals surface area (Å²) in [6, 6.07) is 2.16. The van der Waals surface area contributed by atoms with Crippen molar-refractivity contribution in [3.8, 4) is 5.75 Å². The fourth-order valence-corrected chi connectivity index (χ4v) is 3.55. The Labute approximate surface area is 155 Å². The Morgan fingerprint density at radius 2 is 1.54 bits per heavy atom. The van der Waals surface area contributed by atoms with E-state index in [1.807, 2.05) is 0 Å². The molecule has 0 saturated carbocycles. The lowest BCUT2D eigenvalue weighted by Crippen LogP contribution is -3.26. The minimum absolute atomic E-state index is 0.0533. The zero-order valence-corrected chi connectivity index (χ0v) is 14.3. The molecule has 0 radical (unpaired) electrons. The van der Waals surface area contributed by atoms with Gasteiger partial charge in [0.15, 0.2) is 0 Å². The summed E-state index contributed by atoms with van der Waals surface area (Å²) in [5.41, 5.74) is -3.41. The second kappa shape index (κ2) is 6.83. The van der Waals surface area contributed by atoms with Gasteiger partial charge in [-0.15, -0.1) is 13.2 Å². The van der Waals surface area contributed by atoms with Crippen molar-refractivity contribution in [1.82, 2.24) is 5.32 Å². The van der Waals surface area contributed by atoms with Gasteiger partial charge in [0.05, 0.1) is 18.8 Å². The maximum Gasteiger partial charge on any atom is 0.573 e. The highest BCUT2D eigenvalue weighted by atomic mass is 19.4. The number of hydrogen-bond donors (Lipinski definition) is 2. The van der Waals surface area contributed by atoms with Crippen LogP contribution in [0.4, 0.5) is 36.8 Å². The van der Waals surface area contributed by atoms with Gasteiger partial charge in [-0.1, -0.05) is 0 Å². The predicted octanol–water partition coefficient (Wildman–Crippen LogP) is 1.97. The third-order valence-corrected chi connectivity index (χ3v) is 4.76. The first-order chi connectivity index (χ1) is 13.0. The molecule has 2 fully saturated rings. The SMILES string of the molecule is O=C1N[C@]([NH+]2CCCCC2)(C(F)(F)F)C(=O)N1c1ccc(OC(F)(F)F)cc1. The number of hydrogen-bond acceptors (Lipinski definition) is 3. The maximum absolute atomic E-state index is 13.9. The quantitative estimate of drug-likeness (QED) is 0.590. The summed E-state index contributed by atoms with van der Waals surface area (Å²) in [5, 5.41) is 1.79. The first-order valence-corrected chi connectivity index (χ1v) is 8.40. The molecule has 6 nitrogen and oxygen atoms in total. The summed E-state index contributed by atoms with van der Waals surface area (Å²) in [5.74, 6) is -2.14. The number of carbonyl (C=O) groups excluding carboxylic acids is 2. The Morgan fingerprint density at radius 1 is 0.964 bits per heavy atom. The molecule has 0 spiro atoms. The van der Waals surface area contributed by atoms with E-state index in [2.05, 4.69) is 4.74 Å². The molecule has 2 heterocycles. The van der Waals surface area contributed by atoms with E-state index in [-0.39, 0.29) is 23.7 Å². The first-order valence-electron chi connectivity index (χ1n) is 8.40. The molecule has 154 valence electrons. The fourth-order valence-electron chi connectivity index (χ4n) is 3.55. The van der Waals surface area contributed by atoms with Crippen LogP contribution in [-0.2, 0) is 4.79 Å². The Bertz CT molecular complexity index is 758. The zero-order chi connectivity index (χ0) is 20.7. The van der Waals surface area contributed by atoms with Crippen LogP contribution in [0.2, 0.25) is 0 Å². The van der Waals surface area contributed by atoms with E-state index in [9.17, 15) is 35.9 Å². The van der Waals surface area contributed by atoms with Gasteiger partial charge in [0, 0.05) is 0 Å². The summed E-state index contributed by atoms with van der Waals surface area (Å²) in [4.78, 5) is 25.3. The van der Waals surface area contributed by atoms with Gasteiger partial charge >= 0.3 is 30.1 Å². The van der Waals surface area contributed by atoms with Crippen LogP contribution in [-0.4, -0.2) is 43.2 Å². The number of nitrogens with zero attached hydrogens (tertiary/aromatic N) is 1. The number of imide groups is 1. The van der Waals surface area contributed by atoms with Crippen molar-refractivity contribution in [1.29, 1.82) is 0 Å². The van der Waals surface area contributed by atoms with Crippen molar-refractivity contribution in [3.63, 3.8) is 0 Å². The second-order valence-electron chi connectivity index (χ2n) is 6.52. The van der Waals surface area contributed by atoms with E-state index in [4.69, 9.17) is 0 Å². The molecule has 3 amide bonds. The Kier molecular flexibility index (Phi) is 4.94. The van der Waals surface area contributed by atoms with Crippen LogP contribution >= 0.6 is 0 Å². The number of likely N-dealkylation sites (tertiary alicyclic amines) is 1. The number of nitrogens with one attached hydrogen (secondary N) is 2. The fraction of sp³-hybridized carbons (Fsp3) is 0.500. The van der Waals surface area contributed by atoms with E-state index in [1.165, 1.54) is 0 Å². The van der Waals surface area contributed by atoms with Crippen molar-refractivity contribution in [3.05, 3.63) is 24.3 Å². The molecule has 2 aliphatic heterocycles. The van der Waals surface area contributed by atoms with Gasteiger partial charge in [0.2, 0.25) is 0 Å². The normalized spacial score (nSPS) is 24.4. The molecule has 1 aromatic carbocycles. The predicted molar refractivity (Wildman–Crippen MR) is 82.5 cm³/mol. The Balaban J connectivity index is 1.93. The molecular formula is C16H16F6N3O3+. The molecule has 0 aromatic heterocycles. The minimum atomic E-state index is -5.06. The highest BCUT2D eigenvalue weighted by molar-refractivity contribution is 6.22. The van der Waals surface area contributed by atoms with E-state index >= 15 is 0 Å². The summed E-state index contributed by atoms with van der Waals surface area (Å²) in [6.07, 6.45) is -8.34. The number of rotatable bonds is 3. The maximum atomic E-state index is 13.9. The van der Waals surface area contributed by atoms with Crippen LogP contribution in [0.3, 0.4) is 0 Å². The number of quaternary nitrogens is 1. The third kappa shape index (κ3) is 3.48. The molecule has 0 bridgehead atoms. The lowest BCUT2D eigenvalue weighted by Gasteiger charge is -2.38. The van der Waals surface area contributed by atoms with Gasteiger partial charge in [-0.05, 0) is 43.5 Å². The molecule has 2 aliphatic rings. The van der Waals surface area contributed by atoms with Crippen LogP contribution in [0.1, 0.15) is 19.3 Å². The van der Waals surface area contributed by atoms with E-state index < -0.39 is 35.9 Å². The number of benzene rings is 1. The lowest BCUT2D eigenvalue weighted by molar-refractivity contribution is -0.961. The van der Waals surface area contributed by atoms with Crippen molar-refractivity contribution in [2.75, 3.05) is 18.0 Å². The number of amides is 3. The monoisotopic (exact) mass is 412 g/mol. The number of urea groups is 1. The van der Waals surface area contributed by atoms with Gasteiger partial charge in [0.25, 0.3) is 0 Å². The number of piperidine rings is 1. The zero-order valence-electron chi connectivity index (χ0n) is 14.3. The van der Waals surface area contributed by atoms with Crippen LogP contribution in [0.15, 0.2) is 24.3 Å². The van der Waals surface area contributed by atoms with Gasteiger partial charge < -0.3 is 4.74 Å². The van der Waals surface area contributed by atoms with Crippen molar-refractivity contribution < 1.29 is 45.6 Å². The largest absolute Gasteiger partial charge is 0.573 e. The Hall–Kier alpha value is -2.50. The molecule has 1 aromatic rings. The van der Waals surface area contributed by atoms with Crippen molar-refractivity contribution in [2.24, 2.45) is 0 Å². The third-order valence-electron chi connectivity index (χ3n) is 4.76. The van der Waals surface area contributed by atoms with E-state index in [0.29, 0.717) is 17.7 Å². The van der Waals surface area contributed by atoms with Crippen LogP contribution in [0, 0.1) is 0 Å². The molecule has 0 unspecified atom stereocenters. The summed E-state index contributed by atoms with van der Waals surface area (Å²) < 4.78 is 82.2. The molecule has 2 saturated heterocycles. The summed E-state index contributed by atoms with van der Waals surface area (Å²) >= 11 is 0. The van der Waals surface area contributed by atoms with Crippen molar-refractivity contribution in [2.45, 2.75) is 37.5 Å². The van der Waals surface area contributed by atoms with E-state index in [1.54, 1.807) is 5.32 Å². The Morgan fingerprint density at radius 3 is 2.04 bits per heavy atom. The van der Waals surface area contributed by atoms with Gasteiger partial charge in [-0.3, -0.25) is 15.0 Å². The average Bonchev–Trinajstić information content (AvgIpc) is 2.87. The van der Waals surface area contributed by atoms with Gasteiger partial charge in [-0.25, -0.2) is 9.69 Å². The summed E-state index contributed by atoms with van der Waals surface area (Å²) in [7, 11) is 0. The number of halogens is 6. The molecule has 2 N–H and O–H groups in total. The second-order valence-corrected chi connectivity index (χ2v) is 6.52. The molecule has 12 heteroatoms. The minimum Gasteiger partial charge on any atom is -0.406 e. The van der Waals surface area contributed by atoms with Gasteiger partial charge in [-0.2, -0.15) is 13.2 Å². The standard InChI is InChI=1S/C16H15F6N3O3/c17-15(18,19)14(24-8-2-1-3-9-24)12(26)25(13(27)23-14)10-4-6-11(7-5-10)28-16(20,21)22/h4-7H,1-3,8-9H2,(H,23,27)/p+1/t14-/m1/s1. The first kappa shape index (κ1) is 20.2. The molecule has 3 rings (SSSR count). The average molecular weight is 412 g/mol. The highest BCUT2D eigenvalue weighted by Gasteiger charge is 2.74. The smallest absolute Gasteiger partial charge is 0.406 e. The number of carbonyl (C=O) groups is 2. The lowest BCUT2D eigenvalue weighted by atomic mass is 10.0. The molecule has 28 heavy (non-hydrogen) atoms. The van der Waals surface area contributed by atoms with Crippen molar-refractivity contribution >= 4 is 17.6 Å².